The van der Waals surface area contributed by atoms with Crippen LogP contribution in [0.15, 0.2) is 64.7 Å². The quantitative estimate of drug-likeness (QED) is 0.0930. The van der Waals surface area contributed by atoms with E-state index in [2.05, 4.69) is 25.3 Å². The Morgan fingerprint density at radius 3 is 2.61 bits per heavy atom. The standard InChI is InChI=1S/C29H34N6O5S/c1-29(2,39)8-10-32-16-20-13-25(35-28(38)18-5-4-6-22(12-18)41-31)23(14-24(20)30)19-11-21(17-33-15-19)27(37)34-9-7-26(36)40-3/h4-6,11-17,39H,7-10,30-31H2,1-3H3,(H,34,37)(H,35,38). The summed E-state index contributed by atoms with van der Waals surface area (Å²) in [6.45, 7) is 3.90. The third-order valence-corrected chi connectivity index (χ3v) is 6.47. The van der Waals surface area contributed by atoms with Gasteiger partial charge in [-0.25, -0.2) is 0 Å². The smallest absolute Gasteiger partial charge is 0.307 e. The minimum atomic E-state index is -0.855. The lowest BCUT2D eigenvalue weighted by Crippen LogP contribution is -2.26. The molecule has 0 spiro atoms. The third kappa shape index (κ3) is 9.41. The molecule has 0 aliphatic heterocycles. The number of pyridine rings is 1. The predicted molar refractivity (Wildman–Crippen MR) is 161 cm³/mol. The minimum absolute atomic E-state index is 0.0325. The molecule has 3 rings (SSSR count). The number of benzene rings is 2. The molecule has 0 atom stereocenters. The first-order valence-electron chi connectivity index (χ1n) is 12.7. The molecule has 1 heterocycles. The summed E-state index contributed by atoms with van der Waals surface area (Å²) in [7, 11) is 1.28. The maximum Gasteiger partial charge on any atom is 0.307 e. The second-order valence-electron chi connectivity index (χ2n) is 9.77. The molecule has 7 N–H and O–H groups in total. The molecule has 0 fully saturated rings. The number of aromatic nitrogens is 1. The highest BCUT2D eigenvalue weighted by atomic mass is 32.2. The van der Waals surface area contributed by atoms with E-state index in [1.54, 1.807) is 68.7 Å². The lowest BCUT2D eigenvalue weighted by molar-refractivity contribution is -0.140. The van der Waals surface area contributed by atoms with Crippen molar-refractivity contribution in [3.05, 3.63) is 71.5 Å². The number of aliphatic imine (C=N–C) groups is 1. The Hall–Kier alpha value is -4.26. The first-order chi connectivity index (χ1) is 19.5. The number of esters is 1. The lowest BCUT2D eigenvalue weighted by Gasteiger charge is -2.16. The summed E-state index contributed by atoms with van der Waals surface area (Å²) < 4.78 is 4.59. The fraction of sp³-hybridized carbons (Fsp3) is 0.276. The lowest BCUT2D eigenvalue weighted by atomic mass is 9.99. The van der Waals surface area contributed by atoms with Crippen LogP contribution in [0.3, 0.4) is 0 Å². The van der Waals surface area contributed by atoms with Crippen molar-refractivity contribution in [3.63, 3.8) is 0 Å². The van der Waals surface area contributed by atoms with Gasteiger partial charge >= 0.3 is 5.97 Å². The number of ether oxygens (including phenoxy) is 1. The number of amides is 2. The molecule has 0 bridgehead atoms. The van der Waals surface area contributed by atoms with Gasteiger partial charge in [0.1, 0.15) is 0 Å². The van der Waals surface area contributed by atoms with Crippen LogP contribution >= 0.6 is 11.9 Å². The van der Waals surface area contributed by atoms with E-state index < -0.39 is 17.5 Å². The average Bonchev–Trinajstić information content (AvgIpc) is 2.95. The predicted octanol–water partition coefficient (Wildman–Crippen LogP) is 3.42. The Balaban J connectivity index is 1.96. The summed E-state index contributed by atoms with van der Waals surface area (Å²) in [5, 5.41) is 21.2. The van der Waals surface area contributed by atoms with Crippen molar-refractivity contribution in [2.45, 2.75) is 37.2 Å². The number of carbonyl (C=O) groups is 3. The highest BCUT2D eigenvalue weighted by molar-refractivity contribution is 7.97. The van der Waals surface area contributed by atoms with Crippen molar-refractivity contribution >= 4 is 47.3 Å². The maximum absolute atomic E-state index is 13.2. The molecular weight excluding hydrogens is 544 g/mol. The molecule has 0 saturated carbocycles. The highest BCUT2D eigenvalue weighted by Crippen LogP contribution is 2.33. The Kier molecular flexibility index (Phi) is 11.0. The van der Waals surface area contributed by atoms with Gasteiger partial charge in [-0.05, 0) is 68.6 Å². The van der Waals surface area contributed by atoms with E-state index in [0.29, 0.717) is 46.6 Å². The molecule has 2 amide bonds. The number of carbonyl (C=O) groups excluding carboxylic acids is 3. The maximum atomic E-state index is 13.2. The molecule has 0 unspecified atom stereocenters. The summed E-state index contributed by atoms with van der Waals surface area (Å²) in [6.07, 6.45) is 5.04. The Morgan fingerprint density at radius 2 is 1.90 bits per heavy atom. The van der Waals surface area contributed by atoms with E-state index in [1.807, 2.05) is 0 Å². The van der Waals surface area contributed by atoms with Crippen LogP contribution in [0.1, 0.15) is 53.0 Å². The fourth-order valence-electron chi connectivity index (χ4n) is 3.69. The van der Waals surface area contributed by atoms with Gasteiger partial charge in [0.2, 0.25) is 0 Å². The molecular formula is C29H34N6O5S. The first-order valence-corrected chi connectivity index (χ1v) is 13.6. The van der Waals surface area contributed by atoms with Crippen LogP contribution in [-0.2, 0) is 9.53 Å². The third-order valence-electron chi connectivity index (χ3n) is 5.94. The molecule has 2 aromatic carbocycles. The summed E-state index contributed by atoms with van der Waals surface area (Å²) in [6, 6.07) is 11.9. The second kappa shape index (κ2) is 14.4. The van der Waals surface area contributed by atoms with E-state index in [4.69, 9.17) is 10.9 Å². The van der Waals surface area contributed by atoms with Crippen molar-refractivity contribution in [2.24, 2.45) is 10.1 Å². The number of nitrogen functional groups attached to an aromatic ring is 1. The van der Waals surface area contributed by atoms with Gasteiger partial charge in [0, 0.05) is 70.2 Å². The molecule has 41 heavy (non-hydrogen) atoms. The summed E-state index contributed by atoms with van der Waals surface area (Å²) >= 11 is 1.03. The molecule has 12 heteroatoms. The second-order valence-corrected chi connectivity index (χ2v) is 10.5. The number of nitrogens with two attached hydrogens (primary N) is 2. The summed E-state index contributed by atoms with van der Waals surface area (Å²) in [4.78, 5) is 46.6. The normalized spacial score (nSPS) is 11.3. The molecule has 0 aliphatic rings. The number of hydrogen-bond donors (Lipinski definition) is 5. The first kappa shape index (κ1) is 31.3. The van der Waals surface area contributed by atoms with E-state index in [9.17, 15) is 19.5 Å². The van der Waals surface area contributed by atoms with Crippen LogP contribution in [-0.4, -0.2) is 59.9 Å². The van der Waals surface area contributed by atoms with Gasteiger partial charge in [-0.15, -0.1) is 0 Å². The number of anilines is 2. The van der Waals surface area contributed by atoms with Crippen LogP contribution in [0.25, 0.3) is 11.1 Å². The number of aliphatic hydroxyl groups is 1. The highest BCUT2D eigenvalue weighted by Gasteiger charge is 2.17. The van der Waals surface area contributed by atoms with E-state index in [1.165, 1.54) is 13.3 Å². The van der Waals surface area contributed by atoms with Crippen LogP contribution in [0.5, 0.6) is 0 Å². The molecule has 0 aliphatic carbocycles. The molecule has 0 saturated heterocycles. The fourth-order valence-corrected chi connectivity index (χ4v) is 4.04. The Bertz CT molecular complexity index is 1440. The Labute approximate surface area is 242 Å². The van der Waals surface area contributed by atoms with E-state index in [0.717, 1.165) is 16.8 Å². The van der Waals surface area contributed by atoms with Gasteiger partial charge in [-0.2, -0.15) is 0 Å². The van der Waals surface area contributed by atoms with Gasteiger partial charge in [-0.3, -0.25) is 29.5 Å². The largest absolute Gasteiger partial charge is 0.469 e. The zero-order valence-corrected chi connectivity index (χ0v) is 24.0. The Morgan fingerprint density at radius 1 is 1.12 bits per heavy atom. The van der Waals surface area contributed by atoms with Crippen molar-refractivity contribution in [1.29, 1.82) is 0 Å². The molecule has 0 radical (unpaired) electrons. The van der Waals surface area contributed by atoms with Gasteiger partial charge in [0.05, 0.1) is 24.7 Å². The van der Waals surface area contributed by atoms with Gasteiger partial charge < -0.3 is 26.2 Å². The van der Waals surface area contributed by atoms with Gasteiger partial charge in [-0.1, -0.05) is 6.07 Å². The zero-order valence-electron chi connectivity index (χ0n) is 23.1. The molecule has 11 nitrogen and oxygen atoms in total. The van der Waals surface area contributed by atoms with Gasteiger partial charge in [0.25, 0.3) is 11.8 Å². The van der Waals surface area contributed by atoms with Crippen molar-refractivity contribution < 1.29 is 24.2 Å². The van der Waals surface area contributed by atoms with Crippen molar-refractivity contribution in [2.75, 3.05) is 31.2 Å². The summed E-state index contributed by atoms with van der Waals surface area (Å²) in [5.74, 6) is -1.23. The topological polar surface area (TPSA) is 182 Å². The van der Waals surface area contributed by atoms with Crippen LogP contribution in [0.2, 0.25) is 0 Å². The van der Waals surface area contributed by atoms with Crippen LogP contribution in [0.4, 0.5) is 11.4 Å². The van der Waals surface area contributed by atoms with Gasteiger partial charge in [0.15, 0.2) is 0 Å². The number of rotatable bonds is 12. The molecule has 3 aromatic rings. The number of nitrogens with zero attached hydrogens (tertiary/aromatic N) is 2. The van der Waals surface area contributed by atoms with E-state index in [-0.39, 0.29) is 24.4 Å². The summed E-state index contributed by atoms with van der Waals surface area (Å²) in [5.41, 5.74) is 8.61. The minimum Gasteiger partial charge on any atom is -0.469 e. The molecule has 216 valence electrons. The van der Waals surface area contributed by atoms with Crippen LogP contribution in [0, 0.1) is 0 Å². The average molecular weight is 579 g/mol. The van der Waals surface area contributed by atoms with E-state index >= 15 is 0 Å². The zero-order chi connectivity index (χ0) is 30.0. The number of methoxy groups -OCH3 is 1. The number of hydrogen-bond acceptors (Lipinski definition) is 10. The molecule has 1 aromatic heterocycles. The monoisotopic (exact) mass is 578 g/mol. The van der Waals surface area contributed by atoms with Crippen molar-refractivity contribution in [1.82, 2.24) is 10.3 Å². The van der Waals surface area contributed by atoms with Crippen molar-refractivity contribution in [3.8, 4) is 11.1 Å². The number of nitrogens with one attached hydrogen (secondary N) is 2. The SMILES string of the molecule is COC(=O)CCNC(=O)c1cncc(-c2cc(N)c(C=NCCC(C)(C)O)cc2NC(=O)c2cccc(SN)c2)c1. The van der Waals surface area contributed by atoms with Crippen LogP contribution < -0.4 is 21.5 Å².